The molecule has 1 saturated carbocycles. The summed E-state index contributed by atoms with van der Waals surface area (Å²) >= 11 is 5.99. The van der Waals surface area contributed by atoms with Gasteiger partial charge < -0.3 is 10.2 Å². The minimum Gasteiger partial charge on any atom is -0.352 e. The van der Waals surface area contributed by atoms with Gasteiger partial charge >= 0.3 is 0 Å². The van der Waals surface area contributed by atoms with Crippen LogP contribution in [0.5, 0.6) is 0 Å². The molecule has 1 N–H and O–H groups in total. The van der Waals surface area contributed by atoms with E-state index in [4.69, 9.17) is 11.6 Å². The van der Waals surface area contributed by atoms with Crippen LogP contribution in [0.25, 0.3) is 0 Å². The van der Waals surface area contributed by atoms with Crippen LogP contribution in [0.3, 0.4) is 0 Å². The molecule has 36 heavy (non-hydrogen) atoms. The van der Waals surface area contributed by atoms with Crippen molar-refractivity contribution in [3.8, 4) is 0 Å². The SMILES string of the molecule is C[C@H](C(=O)NC1CCCC1)N(Cc1ccc(Cl)cc1)C(=O)CCCN(c1ccccc1F)S(C)(=O)=O. The quantitative estimate of drug-likeness (QED) is 0.457. The van der Waals surface area contributed by atoms with Gasteiger partial charge in [-0.3, -0.25) is 13.9 Å². The molecule has 0 unspecified atom stereocenters. The van der Waals surface area contributed by atoms with Gasteiger partial charge in [-0.1, -0.05) is 48.7 Å². The molecule has 196 valence electrons. The Bertz CT molecular complexity index is 1150. The Hall–Kier alpha value is -2.65. The Morgan fingerprint density at radius 2 is 1.75 bits per heavy atom. The summed E-state index contributed by atoms with van der Waals surface area (Å²) in [6.45, 7) is 1.83. The number of halogens is 2. The summed E-state index contributed by atoms with van der Waals surface area (Å²) in [4.78, 5) is 27.8. The second-order valence-corrected chi connectivity index (χ2v) is 11.5. The van der Waals surface area contributed by atoms with Gasteiger partial charge in [0.15, 0.2) is 0 Å². The molecule has 0 aliphatic heterocycles. The Labute approximate surface area is 217 Å². The van der Waals surface area contributed by atoms with E-state index >= 15 is 0 Å². The molecule has 2 amide bonds. The van der Waals surface area contributed by atoms with Crippen molar-refractivity contribution in [3.05, 3.63) is 64.9 Å². The highest BCUT2D eigenvalue weighted by atomic mass is 35.5. The molecule has 7 nitrogen and oxygen atoms in total. The number of carbonyl (C=O) groups is 2. The second-order valence-electron chi connectivity index (χ2n) is 9.20. The predicted molar refractivity (Wildman–Crippen MR) is 140 cm³/mol. The first kappa shape index (κ1) is 27.9. The molecule has 0 radical (unpaired) electrons. The van der Waals surface area contributed by atoms with Gasteiger partial charge in [0.05, 0.1) is 11.9 Å². The lowest BCUT2D eigenvalue weighted by molar-refractivity contribution is -0.141. The molecular weight excluding hydrogens is 505 g/mol. The van der Waals surface area contributed by atoms with Crippen molar-refractivity contribution < 1.29 is 22.4 Å². The zero-order valence-electron chi connectivity index (χ0n) is 20.6. The van der Waals surface area contributed by atoms with E-state index in [-0.39, 0.29) is 49.5 Å². The fourth-order valence-corrected chi connectivity index (χ4v) is 5.49. The Kier molecular flexibility index (Phi) is 9.73. The summed E-state index contributed by atoms with van der Waals surface area (Å²) in [6, 6.07) is 12.1. The first-order valence-electron chi connectivity index (χ1n) is 12.1. The molecule has 0 spiro atoms. The van der Waals surface area contributed by atoms with E-state index < -0.39 is 21.9 Å². The van der Waals surface area contributed by atoms with Gasteiger partial charge in [-0.2, -0.15) is 0 Å². The molecule has 10 heteroatoms. The van der Waals surface area contributed by atoms with Gasteiger partial charge in [0.2, 0.25) is 21.8 Å². The van der Waals surface area contributed by atoms with Crippen LogP contribution in [0, 0.1) is 5.82 Å². The van der Waals surface area contributed by atoms with Crippen LogP contribution in [0.2, 0.25) is 5.02 Å². The summed E-state index contributed by atoms with van der Waals surface area (Å²) in [5.74, 6) is -1.16. The third kappa shape index (κ3) is 7.67. The second kappa shape index (κ2) is 12.5. The maximum atomic E-state index is 14.3. The molecule has 2 aromatic rings. The van der Waals surface area contributed by atoms with Crippen LogP contribution < -0.4 is 9.62 Å². The monoisotopic (exact) mass is 537 g/mol. The normalized spacial score (nSPS) is 14.9. The third-order valence-electron chi connectivity index (χ3n) is 6.41. The highest BCUT2D eigenvalue weighted by Gasteiger charge is 2.29. The molecular formula is C26H33ClFN3O4S. The van der Waals surface area contributed by atoms with E-state index in [1.165, 1.54) is 23.1 Å². The van der Waals surface area contributed by atoms with Crippen LogP contribution in [0.4, 0.5) is 10.1 Å². The molecule has 0 heterocycles. The number of nitrogens with zero attached hydrogens (tertiary/aromatic N) is 2. The number of para-hydroxylation sites is 1. The van der Waals surface area contributed by atoms with E-state index in [2.05, 4.69) is 5.32 Å². The minimum atomic E-state index is -3.76. The smallest absolute Gasteiger partial charge is 0.242 e. The number of hydrogen-bond acceptors (Lipinski definition) is 4. The van der Waals surface area contributed by atoms with Crippen LogP contribution in [0.1, 0.15) is 51.0 Å². The topological polar surface area (TPSA) is 86.8 Å². The van der Waals surface area contributed by atoms with E-state index in [0.717, 1.165) is 41.8 Å². The zero-order chi connectivity index (χ0) is 26.3. The maximum Gasteiger partial charge on any atom is 0.242 e. The van der Waals surface area contributed by atoms with Crippen molar-refractivity contribution in [1.29, 1.82) is 0 Å². The molecule has 2 aromatic carbocycles. The molecule has 0 bridgehead atoms. The first-order chi connectivity index (χ1) is 17.1. The van der Waals surface area contributed by atoms with Crippen LogP contribution in [-0.2, 0) is 26.2 Å². The van der Waals surface area contributed by atoms with Gasteiger partial charge in [-0.15, -0.1) is 0 Å². The summed E-state index contributed by atoms with van der Waals surface area (Å²) < 4.78 is 39.9. The Morgan fingerprint density at radius 3 is 2.36 bits per heavy atom. The van der Waals surface area contributed by atoms with Crippen molar-refractivity contribution in [3.63, 3.8) is 0 Å². The van der Waals surface area contributed by atoms with E-state index in [9.17, 15) is 22.4 Å². The van der Waals surface area contributed by atoms with Gasteiger partial charge in [0.1, 0.15) is 11.9 Å². The van der Waals surface area contributed by atoms with Crippen LogP contribution in [-0.4, -0.2) is 50.0 Å². The fraction of sp³-hybridized carbons (Fsp3) is 0.462. The lowest BCUT2D eigenvalue weighted by Gasteiger charge is -2.30. The first-order valence-corrected chi connectivity index (χ1v) is 14.4. The van der Waals surface area contributed by atoms with Gasteiger partial charge in [-0.05, 0) is 56.0 Å². The minimum absolute atomic E-state index is 0.00485. The van der Waals surface area contributed by atoms with Crippen molar-refractivity contribution >= 4 is 39.1 Å². The standard InChI is InChI=1S/C26H33ClFN3O4S/c1-19(26(33)29-22-8-3-4-9-22)30(18-20-13-15-21(27)16-14-20)25(32)12-7-17-31(36(2,34)35)24-11-6-5-10-23(24)28/h5-6,10-11,13-16,19,22H,3-4,7-9,12,17-18H2,1-2H3,(H,29,33)/t19-/m1/s1. The summed E-state index contributed by atoms with van der Waals surface area (Å²) in [5.41, 5.74) is 0.757. The zero-order valence-corrected chi connectivity index (χ0v) is 22.2. The summed E-state index contributed by atoms with van der Waals surface area (Å²) in [7, 11) is -3.76. The van der Waals surface area contributed by atoms with Gasteiger partial charge in [0, 0.05) is 30.6 Å². The average molecular weight is 538 g/mol. The van der Waals surface area contributed by atoms with E-state index in [1.807, 2.05) is 0 Å². The number of amides is 2. The highest BCUT2D eigenvalue weighted by molar-refractivity contribution is 7.92. The molecule has 1 aliphatic rings. The lowest BCUT2D eigenvalue weighted by Crippen LogP contribution is -2.49. The lowest BCUT2D eigenvalue weighted by atomic mass is 10.1. The van der Waals surface area contributed by atoms with Crippen LogP contribution >= 0.6 is 11.6 Å². The fourth-order valence-electron chi connectivity index (χ4n) is 4.40. The number of sulfonamides is 1. The molecule has 0 aromatic heterocycles. The molecule has 3 rings (SSSR count). The predicted octanol–water partition coefficient (Wildman–Crippen LogP) is 4.50. The molecule has 1 fully saturated rings. The van der Waals surface area contributed by atoms with Crippen molar-refractivity contribution in [2.45, 2.75) is 64.1 Å². The Balaban J connectivity index is 1.72. The van der Waals surface area contributed by atoms with Gasteiger partial charge in [0.25, 0.3) is 0 Å². The molecule has 1 aliphatic carbocycles. The average Bonchev–Trinajstić information content (AvgIpc) is 3.34. The number of anilines is 1. The maximum absolute atomic E-state index is 14.3. The third-order valence-corrected chi connectivity index (χ3v) is 7.84. The van der Waals surface area contributed by atoms with Crippen molar-refractivity contribution in [2.24, 2.45) is 0 Å². The van der Waals surface area contributed by atoms with E-state index in [0.29, 0.717) is 5.02 Å². The van der Waals surface area contributed by atoms with E-state index in [1.54, 1.807) is 37.3 Å². The summed E-state index contributed by atoms with van der Waals surface area (Å²) in [5, 5.41) is 3.61. The van der Waals surface area contributed by atoms with Gasteiger partial charge in [-0.25, -0.2) is 12.8 Å². The number of rotatable bonds is 11. The number of carbonyl (C=O) groups excluding carboxylic acids is 2. The van der Waals surface area contributed by atoms with Crippen molar-refractivity contribution in [1.82, 2.24) is 10.2 Å². The number of benzene rings is 2. The largest absolute Gasteiger partial charge is 0.352 e. The summed E-state index contributed by atoms with van der Waals surface area (Å²) in [6.07, 6.45) is 5.17. The Morgan fingerprint density at radius 1 is 1.11 bits per heavy atom. The molecule has 0 saturated heterocycles. The number of nitrogens with one attached hydrogen (secondary N) is 1. The van der Waals surface area contributed by atoms with Crippen LogP contribution in [0.15, 0.2) is 48.5 Å². The van der Waals surface area contributed by atoms with Crippen molar-refractivity contribution in [2.75, 3.05) is 17.1 Å². The molecule has 1 atom stereocenters. The number of hydrogen-bond donors (Lipinski definition) is 1. The highest BCUT2D eigenvalue weighted by Crippen LogP contribution is 2.23.